The maximum absolute atomic E-state index is 11.7. The molecule has 0 aliphatic carbocycles. The minimum Gasteiger partial charge on any atom is -0.421 e. The van der Waals surface area contributed by atoms with E-state index in [9.17, 15) is 4.79 Å². The Morgan fingerprint density at radius 3 is 2.86 bits per heavy atom. The minimum atomic E-state index is -0.121. The van der Waals surface area contributed by atoms with E-state index in [1.165, 1.54) is 11.3 Å². The van der Waals surface area contributed by atoms with Gasteiger partial charge in [-0.05, 0) is 12.1 Å². The Hall–Kier alpha value is -2.54. The van der Waals surface area contributed by atoms with Gasteiger partial charge in [0.2, 0.25) is 17.7 Å². The van der Waals surface area contributed by atoms with Crippen molar-refractivity contribution in [3.63, 3.8) is 0 Å². The zero-order valence-electron chi connectivity index (χ0n) is 11.0. The first-order chi connectivity index (χ1) is 10.3. The van der Waals surface area contributed by atoms with Crippen LogP contribution >= 0.6 is 11.3 Å². The Bertz CT molecular complexity index is 710. The molecule has 1 amide bonds. The van der Waals surface area contributed by atoms with Crippen LogP contribution < -0.4 is 5.32 Å². The van der Waals surface area contributed by atoms with Gasteiger partial charge in [-0.25, -0.2) is 4.98 Å². The molecule has 106 valence electrons. The van der Waals surface area contributed by atoms with Crippen LogP contribution in [-0.4, -0.2) is 21.1 Å². The third-order valence-corrected chi connectivity index (χ3v) is 3.42. The number of benzene rings is 1. The van der Waals surface area contributed by atoms with Crippen LogP contribution in [0.4, 0.5) is 5.13 Å². The van der Waals surface area contributed by atoms with Crippen molar-refractivity contribution in [2.24, 2.45) is 0 Å². The maximum Gasteiger partial charge on any atom is 0.247 e. The summed E-state index contributed by atoms with van der Waals surface area (Å²) in [6, 6.07) is 9.52. The van der Waals surface area contributed by atoms with Gasteiger partial charge < -0.3 is 9.73 Å². The second kappa shape index (κ2) is 6.27. The molecule has 21 heavy (non-hydrogen) atoms. The van der Waals surface area contributed by atoms with Crippen LogP contribution in [0.2, 0.25) is 0 Å². The van der Waals surface area contributed by atoms with Gasteiger partial charge in [-0.2, -0.15) is 0 Å². The number of aromatic nitrogens is 3. The summed E-state index contributed by atoms with van der Waals surface area (Å²) in [6.07, 6.45) is 2.32. The van der Waals surface area contributed by atoms with Crippen LogP contribution in [0.15, 0.2) is 46.3 Å². The van der Waals surface area contributed by atoms with Crippen LogP contribution in [0.3, 0.4) is 0 Å². The van der Waals surface area contributed by atoms with Gasteiger partial charge in [-0.15, -0.1) is 21.5 Å². The average molecular weight is 300 g/mol. The summed E-state index contributed by atoms with van der Waals surface area (Å²) in [5.41, 5.74) is 0.864. The molecule has 2 aromatic heterocycles. The fourth-order valence-corrected chi connectivity index (χ4v) is 2.28. The van der Waals surface area contributed by atoms with E-state index in [1.54, 1.807) is 11.6 Å². The lowest BCUT2D eigenvalue weighted by molar-refractivity contribution is -0.116. The highest BCUT2D eigenvalue weighted by Crippen LogP contribution is 2.17. The van der Waals surface area contributed by atoms with Gasteiger partial charge in [-0.1, -0.05) is 18.2 Å². The molecule has 0 radical (unpaired) electrons. The van der Waals surface area contributed by atoms with Crippen molar-refractivity contribution >= 4 is 22.4 Å². The highest BCUT2D eigenvalue weighted by atomic mass is 32.1. The predicted molar refractivity (Wildman–Crippen MR) is 78.8 cm³/mol. The molecule has 3 aromatic rings. The lowest BCUT2D eigenvalue weighted by Crippen LogP contribution is -2.12. The van der Waals surface area contributed by atoms with E-state index in [0.29, 0.717) is 23.3 Å². The summed E-state index contributed by atoms with van der Waals surface area (Å²) >= 11 is 1.38. The van der Waals surface area contributed by atoms with Gasteiger partial charge in [0.25, 0.3) is 0 Å². The van der Waals surface area contributed by atoms with Gasteiger partial charge >= 0.3 is 0 Å². The van der Waals surface area contributed by atoms with Gasteiger partial charge in [0.15, 0.2) is 5.13 Å². The Balaban J connectivity index is 1.56. The van der Waals surface area contributed by atoms with Crippen molar-refractivity contribution in [3.8, 4) is 11.5 Å². The van der Waals surface area contributed by atoms with Crippen LogP contribution in [0.1, 0.15) is 12.3 Å². The quantitative estimate of drug-likeness (QED) is 0.783. The summed E-state index contributed by atoms with van der Waals surface area (Å²) in [5, 5.41) is 13.0. The second-order valence-electron chi connectivity index (χ2n) is 4.25. The Kier molecular flexibility index (Phi) is 4.02. The van der Waals surface area contributed by atoms with E-state index in [4.69, 9.17) is 4.42 Å². The number of hydrogen-bond acceptors (Lipinski definition) is 6. The minimum absolute atomic E-state index is 0.121. The summed E-state index contributed by atoms with van der Waals surface area (Å²) in [7, 11) is 0. The van der Waals surface area contributed by atoms with Crippen molar-refractivity contribution in [1.29, 1.82) is 0 Å². The lowest BCUT2D eigenvalue weighted by atomic mass is 10.2. The zero-order valence-corrected chi connectivity index (χ0v) is 11.8. The van der Waals surface area contributed by atoms with Crippen molar-refractivity contribution < 1.29 is 9.21 Å². The molecule has 6 nitrogen and oxygen atoms in total. The number of aryl methyl sites for hydroxylation is 1. The number of carbonyl (C=O) groups is 1. The van der Waals surface area contributed by atoms with Crippen LogP contribution in [0.5, 0.6) is 0 Å². The molecule has 0 saturated heterocycles. The average Bonchev–Trinajstić information content (AvgIpc) is 3.17. The molecule has 1 N–H and O–H groups in total. The van der Waals surface area contributed by atoms with E-state index in [-0.39, 0.29) is 12.3 Å². The summed E-state index contributed by atoms with van der Waals surface area (Å²) in [5.74, 6) is 0.790. The Morgan fingerprint density at radius 2 is 2.10 bits per heavy atom. The fourth-order valence-electron chi connectivity index (χ4n) is 1.74. The molecule has 3 rings (SSSR count). The first kappa shape index (κ1) is 13.4. The molecule has 0 aliphatic heterocycles. The normalized spacial score (nSPS) is 10.5. The highest BCUT2D eigenvalue weighted by Gasteiger charge is 2.10. The number of nitrogens with zero attached hydrogens (tertiary/aromatic N) is 3. The molecule has 0 aliphatic rings. The number of hydrogen-bond donors (Lipinski definition) is 1. The van der Waals surface area contributed by atoms with Gasteiger partial charge in [0.1, 0.15) is 0 Å². The number of anilines is 1. The van der Waals surface area contributed by atoms with Crippen LogP contribution in [-0.2, 0) is 11.2 Å². The molecule has 1 aromatic carbocycles. The van der Waals surface area contributed by atoms with E-state index in [1.807, 2.05) is 30.3 Å². The molecule has 0 spiro atoms. The van der Waals surface area contributed by atoms with E-state index < -0.39 is 0 Å². The monoisotopic (exact) mass is 300 g/mol. The standard InChI is InChI=1S/C14H12N4O2S/c19-11(16-14-15-8-9-21-14)6-7-12-17-18-13(20-12)10-4-2-1-3-5-10/h1-5,8-9H,6-7H2,(H,15,16,19). The molecule has 0 unspecified atom stereocenters. The molecule has 0 saturated carbocycles. The molecule has 0 fully saturated rings. The lowest BCUT2D eigenvalue weighted by Gasteiger charge is -1.98. The molecule has 0 bridgehead atoms. The molecule has 7 heteroatoms. The van der Waals surface area contributed by atoms with Crippen molar-refractivity contribution in [1.82, 2.24) is 15.2 Å². The van der Waals surface area contributed by atoms with E-state index in [0.717, 1.165) is 5.56 Å². The third-order valence-electron chi connectivity index (χ3n) is 2.73. The maximum atomic E-state index is 11.7. The first-order valence-corrected chi connectivity index (χ1v) is 7.26. The largest absolute Gasteiger partial charge is 0.421 e. The first-order valence-electron chi connectivity index (χ1n) is 6.38. The molecular weight excluding hydrogens is 288 g/mol. The molecule has 2 heterocycles. The Morgan fingerprint density at radius 1 is 1.24 bits per heavy atom. The third kappa shape index (κ3) is 3.51. The predicted octanol–water partition coefficient (Wildman–Crippen LogP) is 2.76. The van der Waals surface area contributed by atoms with Crippen LogP contribution in [0.25, 0.3) is 11.5 Å². The molecule has 0 atom stereocenters. The number of carbonyl (C=O) groups excluding carboxylic acids is 1. The van der Waals surface area contributed by atoms with Crippen LogP contribution in [0, 0.1) is 0 Å². The number of amides is 1. The highest BCUT2D eigenvalue weighted by molar-refractivity contribution is 7.13. The fraction of sp³-hybridized carbons (Fsp3) is 0.143. The van der Waals surface area contributed by atoms with Crippen molar-refractivity contribution in [2.45, 2.75) is 12.8 Å². The summed E-state index contributed by atoms with van der Waals surface area (Å²) in [4.78, 5) is 15.7. The van der Waals surface area contributed by atoms with E-state index >= 15 is 0 Å². The second-order valence-corrected chi connectivity index (χ2v) is 5.15. The van der Waals surface area contributed by atoms with Gasteiger partial charge in [-0.3, -0.25) is 4.79 Å². The van der Waals surface area contributed by atoms with Crippen molar-refractivity contribution in [3.05, 3.63) is 47.8 Å². The Labute approximate surface area is 124 Å². The molecular formula is C14H12N4O2S. The van der Waals surface area contributed by atoms with Crippen molar-refractivity contribution in [2.75, 3.05) is 5.32 Å². The zero-order chi connectivity index (χ0) is 14.5. The van der Waals surface area contributed by atoms with Gasteiger partial charge in [0.05, 0.1) is 0 Å². The van der Waals surface area contributed by atoms with Gasteiger partial charge in [0, 0.05) is 30.0 Å². The smallest absolute Gasteiger partial charge is 0.247 e. The number of thiazole rings is 1. The number of nitrogens with one attached hydrogen (secondary N) is 1. The topological polar surface area (TPSA) is 80.9 Å². The SMILES string of the molecule is O=C(CCc1nnc(-c2ccccc2)o1)Nc1nccs1. The number of rotatable bonds is 5. The summed E-state index contributed by atoms with van der Waals surface area (Å²) < 4.78 is 5.54. The van der Waals surface area contributed by atoms with E-state index in [2.05, 4.69) is 20.5 Å². The summed E-state index contributed by atoms with van der Waals surface area (Å²) in [6.45, 7) is 0.